The molecule has 1 aromatic carbocycles. The second-order valence-corrected chi connectivity index (χ2v) is 5.25. The molecule has 19 heavy (non-hydrogen) atoms. The number of ketones is 1. The van der Waals surface area contributed by atoms with Crippen LogP contribution in [-0.4, -0.2) is 30.3 Å². The highest BCUT2D eigenvalue weighted by molar-refractivity contribution is 5.98. The first-order chi connectivity index (χ1) is 9.12. The van der Waals surface area contributed by atoms with Crippen molar-refractivity contribution < 1.29 is 4.79 Å². The fraction of sp³-hybridized carbons (Fsp3) is 0.588. The van der Waals surface area contributed by atoms with Crippen LogP contribution in [0.2, 0.25) is 0 Å². The number of Topliss-reactive ketones (excluding diaryl/α,β-unsaturated/α-hetero) is 1. The van der Waals surface area contributed by atoms with E-state index in [0.29, 0.717) is 12.5 Å². The maximum atomic E-state index is 12.4. The van der Waals surface area contributed by atoms with E-state index in [1.165, 1.54) is 12.8 Å². The smallest absolute Gasteiger partial charge is 0.177 e. The van der Waals surface area contributed by atoms with Crippen molar-refractivity contribution in [3.63, 3.8) is 0 Å². The summed E-state index contributed by atoms with van der Waals surface area (Å²) < 4.78 is 0. The molecule has 0 aromatic heterocycles. The molecular formula is C17H27NO. The number of aryl methyl sites for hydroxylation is 1. The highest BCUT2D eigenvalue weighted by Gasteiger charge is 2.15. The van der Waals surface area contributed by atoms with Gasteiger partial charge in [0.1, 0.15) is 0 Å². The van der Waals surface area contributed by atoms with Crippen LogP contribution in [0.1, 0.15) is 49.5 Å². The van der Waals surface area contributed by atoms with E-state index >= 15 is 0 Å². The Morgan fingerprint density at radius 2 is 1.79 bits per heavy atom. The number of likely N-dealkylation sites (N-methyl/N-ethyl adjacent to an activating group) is 1. The molecular weight excluding hydrogens is 234 g/mol. The number of hydrogen-bond acceptors (Lipinski definition) is 2. The minimum absolute atomic E-state index is 0.242. The third-order valence-electron chi connectivity index (χ3n) is 3.93. The van der Waals surface area contributed by atoms with Crippen LogP contribution >= 0.6 is 0 Å². The first-order valence-corrected chi connectivity index (χ1v) is 7.43. The fourth-order valence-electron chi connectivity index (χ4n) is 2.39. The monoisotopic (exact) mass is 261 g/mol. The topological polar surface area (TPSA) is 20.3 Å². The second-order valence-electron chi connectivity index (χ2n) is 5.25. The molecule has 0 bridgehead atoms. The third-order valence-corrected chi connectivity index (χ3v) is 3.93. The zero-order valence-corrected chi connectivity index (χ0v) is 12.8. The van der Waals surface area contributed by atoms with Crippen molar-refractivity contribution in [1.82, 2.24) is 4.90 Å². The molecule has 0 saturated heterocycles. The fourth-order valence-corrected chi connectivity index (χ4v) is 2.39. The van der Waals surface area contributed by atoms with Gasteiger partial charge in [0.2, 0.25) is 0 Å². The van der Waals surface area contributed by atoms with E-state index in [-0.39, 0.29) is 5.78 Å². The molecule has 0 aliphatic rings. The van der Waals surface area contributed by atoms with Gasteiger partial charge in [0.25, 0.3) is 0 Å². The zero-order chi connectivity index (χ0) is 14.3. The summed E-state index contributed by atoms with van der Waals surface area (Å²) in [6.45, 7) is 11.1. The number of benzene rings is 1. The number of nitrogens with zero attached hydrogens (tertiary/aromatic N) is 1. The van der Waals surface area contributed by atoms with E-state index in [1.807, 2.05) is 31.2 Å². The molecule has 0 heterocycles. The van der Waals surface area contributed by atoms with Gasteiger partial charge in [-0.3, -0.25) is 9.69 Å². The molecule has 0 radical (unpaired) electrons. The lowest BCUT2D eigenvalue weighted by Gasteiger charge is -2.24. The first-order valence-electron chi connectivity index (χ1n) is 7.43. The molecule has 0 spiro atoms. The van der Waals surface area contributed by atoms with Crippen LogP contribution in [0.25, 0.3) is 0 Å². The molecule has 0 amide bonds. The molecule has 0 aliphatic heterocycles. The standard InChI is InChI=1S/C17H27NO/c1-5-15(6-2)12-18(7-3)13-17(19)16-11-9-8-10-14(16)4/h8-11,15H,5-7,12-13H2,1-4H3. The van der Waals surface area contributed by atoms with Crippen molar-refractivity contribution in [3.8, 4) is 0 Å². The van der Waals surface area contributed by atoms with Crippen LogP contribution in [0.5, 0.6) is 0 Å². The predicted molar refractivity (Wildman–Crippen MR) is 81.7 cm³/mol. The van der Waals surface area contributed by atoms with Crippen molar-refractivity contribution in [2.24, 2.45) is 5.92 Å². The van der Waals surface area contributed by atoms with Crippen LogP contribution in [0.15, 0.2) is 24.3 Å². The van der Waals surface area contributed by atoms with Gasteiger partial charge in [0.05, 0.1) is 6.54 Å². The zero-order valence-electron chi connectivity index (χ0n) is 12.8. The van der Waals surface area contributed by atoms with Gasteiger partial charge in [0.15, 0.2) is 5.78 Å². The Hall–Kier alpha value is -1.15. The van der Waals surface area contributed by atoms with Gasteiger partial charge < -0.3 is 0 Å². The lowest BCUT2D eigenvalue weighted by molar-refractivity contribution is 0.0920. The van der Waals surface area contributed by atoms with Gasteiger partial charge in [-0.25, -0.2) is 0 Å². The summed E-state index contributed by atoms with van der Waals surface area (Å²) in [7, 11) is 0. The van der Waals surface area contributed by atoms with Crippen molar-refractivity contribution in [2.45, 2.75) is 40.5 Å². The van der Waals surface area contributed by atoms with Gasteiger partial charge in [-0.15, -0.1) is 0 Å². The van der Waals surface area contributed by atoms with Crippen LogP contribution in [0.3, 0.4) is 0 Å². The Morgan fingerprint density at radius 1 is 1.16 bits per heavy atom. The lowest BCUT2D eigenvalue weighted by Crippen LogP contribution is -2.34. The summed E-state index contributed by atoms with van der Waals surface area (Å²) in [5, 5.41) is 0. The molecule has 0 unspecified atom stereocenters. The SMILES string of the molecule is CCC(CC)CN(CC)CC(=O)c1ccccc1C. The van der Waals surface area contributed by atoms with Crippen molar-refractivity contribution in [3.05, 3.63) is 35.4 Å². The predicted octanol–water partition coefficient (Wildman–Crippen LogP) is 3.94. The molecule has 2 nitrogen and oxygen atoms in total. The van der Waals surface area contributed by atoms with Crippen LogP contribution in [-0.2, 0) is 0 Å². The summed E-state index contributed by atoms with van der Waals surface area (Å²) in [4.78, 5) is 14.6. The first kappa shape index (κ1) is 15.9. The average molecular weight is 261 g/mol. The number of carbonyl (C=O) groups excluding carboxylic acids is 1. The van der Waals surface area contributed by atoms with Gasteiger partial charge in [-0.1, -0.05) is 57.9 Å². The van der Waals surface area contributed by atoms with Gasteiger partial charge in [-0.05, 0) is 24.9 Å². The lowest BCUT2D eigenvalue weighted by atomic mass is 10.0. The summed E-state index contributed by atoms with van der Waals surface area (Å²) in [6, 6.07) is 7.86. The summed E-state index contributed by atoms with van der Waals surface area (Å²) in [5.74, 6) is 0.940. The van der Waals surface area contributed by atoms with Crippen molar-refractivity contribution in [2.75, 3.05) is 19.6 Å². The average Bonchev–Trinajstić information content (AvgIpc) is 2.43. The molecule has 0 saturated carbocycles. The summed E-state index contributed by atoms with van der Waals surface area (Å²) >= 11 is 0. The number of rotatable bonds is 8. The summed E-state index contributed by atoms with van der Waals surface area (Å²) in [6.07, 6.45) is 2.37. The normalized spacial score (nSPS) is 11.3. The van der Waals surface area contributed by atoms with Crippen molar-refractivity contribution >= 4 is 5.78 Å². The Bertz CT molecular complexity index is 396. The van der Waals surface area contributed by atoms with Crippen molar-refractivity contribution in [1.29, 1.82) is 0 Å². The van der Waals surface area contributed by atoms with Crippen LogP contribution in [0.4, 0.5) is 0 Å². The van der Waals surface area contributed by atoms with E-state index < -0.39 is 0 Å². The van der Waals surface area contributed by atoms with Gasteiger partial charge >= 0.3 is 0 Å². The van der Waals surface area contributed by atoms with Gasteiger partial charge in [-0.2, -0.15) is 0 Å². The third kappa shape index (κ3) is 4.79. The molecule has 0 fully saturated rings. The minimum atomic E-state index is 0.242. The molecule has 106 valence electrons. The second kappa shape index (κ2) is 8.11. The quantitative estimate of drug-likeness (QED) is 0.661. The molecule has 0 aliphatic carbocycles. The maximum Gasteiger partial charge on any atom is 0.177 e. The van der Waals surface area contributed by atoms with Gasteiger partial charge in [0, 0.05) is 12.1 Å². The Morgan fingerprint density at radius 3 is 2.32 bits per heavy atom. The largest absolute Gasteiger partial charge is 0.296 e. The van der Waals surface area contributed by atoms with E-state index in [2.05, 4.69) is 25.7 Å². The summed E-state index contributed by atoms with van der Waals surface area (Å²) in [5.41, 5.74) is 1.94. The van der Waals surface area contributed by atoms with Crippen LogP contribution < -0.4 is 0 Å². The van der Waals surface area contributed by atoms with E-state index in [9.17, 15) is 4.79 Å². The number of carbonyl (C=O) groups is 1. The molecule has 0 N–H and O–H groups in total. The van der Waals surface area contributed by atoms with Crippen LogP contribution in [0, 0.1) is 12.8 Å². The maximum absolute atomic E-state index is 12.4. The van der Waals surface area contributed by atoms with E-state index in [1.54, 1.807) is 0 Å². The molecule has 2 heteroatoms. The van der Waals surface area contributed by atoms with E-state index in [0.717, 1.165) is 24.2 Å². The Labute approximate surface area is 117 Å². The molecule has 1 aromatic rings. The highest BCUT2D eigenvalue weighted by atomic mass is 16.1. The van der Waals surface area contributed by atoms with E-state index in [4.69, 9.17) is 0 Å². The number of hydrogen-bond donors (Lipinski definition) is 0. The highest BCUT2D eigenvalue weighted by Crippen LogP contribution is 2.12. The Kier molecular flexibility index (Phi) is 6.79. The Balaban J connectivity index is 2.66. The minimum Gasteiger partial charge on any atom is -0.296 e. The molecule has 0 atom stereocenters. The molecule has 1 rings (SSSR count).